The lowest BCUT2D eigenvalue weighted by Crippen LogP contribution is -2.17. The van der Waals surface area contributed by atoms with Gasteiger partial charge in [-0.15, -0.1) is 0 Å². The zero-order valence-corrected chi connectivity index (χ0v) is 12.6. The Kier molecular flexibility index (Phi) is 2.78. The summed E-state index contributed by atoms with van der Waals surface area (Å²) in [7, 11) is 0. The van der Waals surface area contributed by atoms with Crippen molar-refractivity contribution in [1.82, 2.24) is 0 Å². The molecular formula is C21H19+. The van der Waals surface area contributed by atoms with Gasteiger partial charge in [-0.3, -0.25) is 0 Å². The van der Waals surface area contributed by atoms with Crippen LogP contribution in [0.15, 0.2) is 60.7 Å². The van der Waals surface area contributed by atoms with E-state index in [0.717, 1.165) is 6.42 Å². The topological polar surface area (TPSA) is 0 Å². The zero-order chi connectivity index (χ0) is 14.4. The first-order chi connectivity index (χ1) is 10.3. The van der Waals surface area contributed by atoms with Crippen LogP contribution in [0.4, 0.5) is 0 Å². The fourth-order valence-electron chi connectivity index (χ4n) is 3.86. The standard InChI is InChI=1S/C21H19/c1-3-16-19-11-7-6-9-17(19)14(2)21-18-10-5-4-8-15(18)12-13-20(16)21/h4-14H,3H2,1-2H3/q+1. The summed E-state index contributed by atoms with van der Waals surface area (Å²) in [5.74, 6) is 1.95. The minimum Gasteiger partial charge on any atom is -0.0616 e. The van der Waals surface area contributed by atoms with Gasteiger partial charge < -0.3 is 0 Å². The van der Waals surface area contributed by atoms with E-state index in [1.807, 2.05) is 0 Å². The highest BCUT2D eigenvalue weighted by molar-refractivity contribution is 5.89. The predicted octanol–water partition coefficient (Wildman–Crippen LogP) is 5.69. The Bertz CT molecular complexity index is 813. The van der Waals surface area contributed by atoms with Crippen molar-refractivity contribution in [1.29, 1.82) is 0 Å². The fraction of sp³-hybridized carbons (Fsp3) is 0.190. The Morgan fingerprint density at radius 2 is 1.62 bits per heavy atom. The molecule has 0 bridgehead atoms. The van der Waals surface area contributed by atoms with Crippen molar-refractivity contribution in [3.63, 3.8) is 0 Å². The third-order valence-electron chi connectivity index (χ3n) is 4.83. The van der Waals surface area contributed by atoms with Gasteiger partial charge in [-0.1, -0.05) is 25.1 Å². The molecule has 4 rings (SSSR count). The summed E-state index contributed by atoms with van der Waals surface area (Å²) in [5.41, 5.74) is 5.86. The molecule has 0 spiro atoms. The predicted molar refractivity (Wildman–Crippen MR) is 89.6 cm³/mol. The first kappa shape index (κ1) is 12.5. The molecule has 0 heterocycles. The summed E-state index contributed by atoms with van der Waals surface area (Å²) in [5, 5.41) is 2.75. The van der Waals surface area contributed by atoms with Crippen molar-refractivity contribution in [3.8, 4) is 0 Å². The van der Waals surface area contributed by atoms with Crippen molar-refractivity contribution in [2.45, 2.75) is 26.2 Å². The molecule has 0 fully saturated rings. The molecule has 0 saturated heterocycles. The maximum atomic E-state index is 2.34. The molecule has 0 radical (unpaired) electrons. The largest absolute Gasteiger partial charge is 0.0807 e. The van der Waals surface area contributed by atoms with E-state index in [0.29, 0.717) is 5.92 Å². The van der Waals surface area contributed by atoms with Gasteiger partial charge in [0.25, 0.3) is 0 Å². The molecule has 0 aromatic heterocycles. The maximum Gasteiger partial charge on any atom is 0.0807 e. The third-order valence-corrected chi connectivity index (χ3v) is 4.83. The summed E-state index contributed by atoms with van der Waals surface area (Å²) in [6, 6.07) is 22.3. The number of hydrogen-bond acceptors (Lipinski definition) is 0. The molecule has 1 unspecified atom stereocenters. The highest BCUT2D eigenvalue weighted by atomic mass is 14.3. The van der Waals surface area contributed by atoms with Crippen molar-refractivity contribution in [2.24, 2.45) is 0 Å². The minimum atomic E-state index is 0.456. The van der Waals surface area contributed by atoms with Gasteiger partial charge >= 0.3 is 0 Å². The van der Waals surface area contributed by atoms with Crippen molar-refractivity contribution < 1.29 is 0 Å². The van der Waals surface area contributed by atoms with Gasteiger partial charge in [-0.2, -0.15) is 0 Å². The minimum absolute atomic E-state index is 0.456. The molecule has 102 valence electrons. The first-order valence-corrected chi connectivity index (χ1v) is 7.78. The normalized spacial score (nSPS) is 16.7. The van der Waals surface area contributed by atoms with Gasteiger partial charge in [0, 0.05) is 34.6 Å². The molecule has 0 saturated carbocycles. The van der Waals surface area contributed by atoms with Crippen LogP contribution in [0.5, 0.6) is 0 Å². The summed E-state index contributed by atoms with van der Waals surface area (Å²) >= 11 is 0. The second-order valence-corrected chi connectivity index (χ2v) is 5.89. The van der Waals surface area contributed by atoms with Gasteiger partial charge in [0.1, 0.15) is 0 Å². The van der Waals surface area contributed by atoms with Crippen LogP contribution in [0.3, 0.4) is 0 Å². The quantitative estimate of drug-likeness (QED) is 0.499. The van der Waals surface area contributed by atoms with Crippen LogP contribution in [0.25, 0.3) is 10.8 Å². The Morgan fingerprint density at radius 3 is 2.48 bits per heavy atom. The molecule has 0 nitrogen and oxygen atoms in total. The lowest BCUT2D eigenvalue weighted by Gasteiger charge is -2.26. The van der Waals surface area contributed by atoms with E-state index in [1.165, 1.54) is 38.9 Å². The van der Waals surface area contributed by atoms with E-state index in [1.54, 1.807) is 0 Å². The van der Waals surface area contributed by atoms with Crippen LogP contribution < -0.4 is 0 Å². The fourth-order valence-corrected chi connectivity index (χ4v) is 3.86. The molecule has 0 amide bonds. The van der Waals surface area contributed by atoms with Crippen LogP contribution in [0.2, 0.25) is 0 Å². The van der Waals surface area contributed by atoms with Crippen LogP contribution in [0, 0.1) is 5.92 Å². The van der Waals surface area contributed by atoms with Crippen LogP contribution in [-0.4, -0.2) is 0 Å². The monoisotopic (exact) mass is 271 g/mol. The molecule has 1 aliphatic carbocycles. The molecule has 0 aliphatic heterocycles. The van der Waals surface area contributed by atoms with E-state index < -0.39 is 0 Å². The average molecular weight is 271 g/mol. The van der Waals surface area contributed by atoms with E-state index in [9.17, 15) is 0 Å². The Labute approximate surface area is 126 Å². The van der Waals surface area contributed by atoms with E-state index in [-0.39, 0.29) is 0 Å². The number of benzene rings is 3. The second kappa shape index (κ2) is 4.66. The molecule has 0 heteroatoms. The maximum absolute atomic E-state index is 2.34. The van der Waals surface area contributed by atoms with Crippen LogP contribution in [0.1, 0.15) is 48.4 Å². The second-order valence-electron chi connectivity index (χ2n) is 5.89. The molecular weight excluding hydrogens is 252 g/mol. The van der Waals surface area contributed by atoms with Gasteiger partial charge in [-0.25, -0.2) is 0 Å². The van der Waals surface area contributed by atoms with Gasteiger partial charge in [-0.05, 0) is 49.1 Å². The summed E-state index contributed by atoms with van der Waals surface area (Å²) < 4.78 is 0. The zero-order valence-electron chi connectivity index (χ0n) is 12.6. The molecule has 21 heavy (non-hydrogen) atoms. The van der Waals surface area contributed by atoms with Gasteiger partial charge in [0.15, 0.2) is 0 Å². The van der Waals surface area contributed by atoms with Crippen molar-refractivity contribution in [3.05, 3.63) is 88.8 Å². The van der Waals surface area contributed by atoms with Gasteiger partial charge in [0.2, 0.25) is 0 Å². The van der Waals surface area contributed by atoms with E-state index in [2.05, 4.69) is 74.5 Å². The first-order valence-electron chi connectivity index (χ1n) is 7.78. The highest BCUT2D eigenvalue weighted by Crippen LogP contribution is 2.46. The van der Waals surface area contributed by atoms with E-state index >= 15 is 0 Å². The molecule has 3 aromatic carbocycles. The van der Waals surface area contributed by atoms with E-state index in [4.69, 9.17) is 0 Å². The SMILES string of the molecule is CC[C+]1c2ccccc2C(C)c2c1ccc1ccccc21. The molecule has 1 atom stereocenters. The Balaban J connectivity index is 2.07. The van der Waals surface area contributed by atoms with Crippen LogP contribution >= 0.6 is 0 Å². The van der Waals surface area contributed by atoms with Crippen molar-refractivity contribution in [2.75, 3.05) is 0 Å². The number of hydrogen-bond donors (Lipinski definition) is 0. The summed E-state index contributed by atoms with van der Waals surface area (Å²) in [6.45, 7) is 4.61. The Hall–Kier alpha value is -2.21. The Morgan fingerprint density at radius 1 is 0.857 bits per heavy atom. The smallest absolute Gasteiger partial charge is 0.0616 e. The third kappa shape index (κ3) is 1.72. The lowest BCUT2D eigenvalue weighted by molar-refractivity contribution is 0.835. The van der Waals surface area contributed by atoms with Crippen molar-refractivity contribution >= 4 is 10.8 Å². The molecule has 1 aliphatic rings. The van der Waals surface area contributed by atoms with Crippen LogP contribution in [-0.2, 0) is 0 Å². The number of rotatable bonds is 1. The summed E-state index contributed by atoms with van der Waals surface area (Å²) in [6.07, 6.45) is 1.08. The summed E-state index contributed by atoms with van der Waals surface area (Å²) in [4.78, 5) is 0. The lowest BCUT2D eigenvalue weighted by atomic mass is 9.71. The highest BCUT2D eigenvalue weighted by Gasteiger charge is 2.36. The number of fused-ring (bicyclic) bond motifs is 4. The molecule has 0 N–H and O–H groups in total. The van der Waals surface area contributed by atoms with Gasteiger partial charge in [0.05, 0.1) is 17.0 Å². The molecule has 3 aromatic rings. The average Bonchev–Trinajstić information content (AvgIpc) is 2.55.